The summed E-state index contributed by atoms with van der Waals surface area (Å²) in [5.41, 5.74) is 1.90. The maximum Gasteiger partial charge on any atom is 0.0305 e. The molecule has 2 heteroatoms. The Kier molecular flexibility index (Phi) is 5.08. The second-order valence-corrected chi connectivity index (χ2v) is 7.56. The van der Waals surface area contributed by atoms with Gasteiger partial charge in [-0.05, 0) is 49.7 Å². The molecule has 1 saturated carbocycles. The predicted octanol–water partition coefficient (Wildman–Crippen LogP) is 5.46. The Morgan fingerprint density at radius 2 is 1.95 bits per heavy atom. The lowest BCUT2D eigenvalue weighted by Crippen LogP contribution is -2.31. The highest BCUT2D eigenvalue weighted by Gasteiger charge is 2.25. The van der Waals surface area contributed by atoms with Gasteiger partial charge in [-0.1, -0.05) is 54.4 Å². The first-order valence-electron chi connectivity index (χ1n) is 7.48. The number of nitrogens with one attached hydrogen (secondary N) is 1. The van der Waals surface area contributed by atoms with E-state index in [0.717, 1.165) is 0 Å². The normalized spacial score (nSPS) is 24.7. The third kappa shape index (κ3) is 4.32. The van der Waals surface area contributed by atoms with Gasteiger partial charge in [0.05, 0.1) is 0 Å². The number of hydrogen-bond acceptors (Lipinski definition) is 1. The Bertz CT molecular complexity index is 413. The van der Waals surface area contributed by atoms with E-state index >= 15 is 0 Å². The minimum absolute atomic E-state index is 0.418. The molecule has 1 fully saturated rings. The Morgan fingerprint density at radius 1 is 1.21 bits per heavy atom. The minimum Gasteiger partial charge on any atom is -0.307 e. The highest BCUT2D eigenvalue weighted by molar-refractivity contribution is 9.10. The largest absolute Gasteiger partial charge is 0.307 e. The van der Waals surface area contributed by atoms with Crippen LogP contribution in [-0.2, 0) is 0 Å². The molecule has 1 aromatic carbocycles. The van der Waals surface area contributed by atoms with Gasteiger partial charge in [0.2, 0.25) is 0 Å². The smallest absolute Gasteiger partial charge is 0.0305 e. The van der Waals surface area contributed by atoms with Crippen LogP contribution in [0.1, 0.15) is 64.5 Å². The van der Waals surface area contributed by atoms with Crippen molar-refractivity contribution < 1.29 is 0 Å². The lowest BCUT2D eigenvalue weighted by molar-refractivity contribution is 0.307. The molecule has 0 aliphatic heterocycles. The highest BCUT2D eigenvalue weighted by atomic mass is 79.9. The summed E-state index contributed by atoms with van der Waals surface area (Å²) in [5.74, 6) is 0. The molecule has 19 heavy (non-hydrogen) atoms. The first-order chi connectivity index (χ1) is 8.98. The van der Waals surface area contributed by atoms with Gasteiger partial charge in [0.25, 0.3) is 0 Å². The van der Waals surface area contributed by atoms with Crippen LogP contribution in [0.4, 0.5) is 0 Å². The Hall–Kier alpha value is -0.340. The molecule has 0 amide bonds. The van der Waals surface area contributed by atoms with E-state index in [2.05, 4.69) is 66.3 Å². The molecule has 1 aromatic rings. The first-order valence-corrected chi connectivity index (χ1v) is 8.28. The van der Waals surface area contributed by atoms with Crippen molar-refractivity contribution in [1.29, 1.82) is 0 Å². The topological polar surface area (TPSA) is 12.0 Å². The minimum atomic E-state index is 0.418. The summed E-state index contributed by atoms with van der Waals surface area (Å²) in [5, 5.41) is 3.82. The average molecular weight is 324 g/mol. The maximum absolute atomic E-state index is 3.82. The Morgan fingerprint density at radius 3 is 2.68 bits per heavy atom. The van der Waals surface area contributed by atoms with E-state index in [1.165, 1.54) is 42.1 Å². The van der Waals surface area contributed by atoms with Crippen molar-refractivity contribution in [3.05, 3.63) is 34.3 Å². The Balaban J connectivity index is 1.96. The van der Waals surface area contributed by atoms with E-state index in [-0.39, 0.29) is 0 Å². The van der Waals surface area contributed by atoms with E-state index < -0.39 is 0 Å². The fraction of sp³-hybridized carbons (Fsp3) is 0.647. The third-order valence-corrected chi connectivity index (χ3v) is 5.16. The van der Waals surface area contributed by atoms with Gasteiger partial charge in [-0.15, -0.1) is 0 Å². The van der Waals surface area contributed by atoms with Gasteiger partial charge in [-0.2, -0.15) is 0 Å². The van der Waals surface area contributed by atoms with Crippen LogP contribution in [0, 0.1) is 5.41 Å². The van der Waals surface area contributed by atoms with Crippen LogP contribution in [0.3, 0.4) is 0 Å². The molecule has 1 N–H and O–H groups in total. The molecule has 2 unspecified atom stereocenters. The number of halogens is 1. The summed E-state index contributed by atoms with van der Waals surface area (Å²) in [7, 11) is 0. The van der Waals surface area contributed by atoms with Gasteiger partial charge >= 0.3 is 0 Å². The zero-order chi connectivity index (χ0) is 13.9. The van der Waals surface area contributed by atoms with Gasteiger partial charge in [-0.3, -0.25) is 0 Å². The molecular formula is C17H26BrN. The van der Waals surface area contributed by atoms with Crippen LogP contribution < -0.4 is 5.32 Å². The fourth-order valence-electron chi connectivity index (χ4n) is 3.10. The van der Waals surface area contributed by atoms with Crippen molar-refractivity contribution in [2.24, 2.45) is 5.41 Å². The maximum atomic E-state index is 3.82. The summed E-state index contributed by atoms with van der Waals surface area (Å²) in [4.78, 5) is 0. The molecule has 1 aliphatic carbocycles. The molecular weight excluding hydrogens is 298 g/mol. The van der Waals surface area contributed by atoms with E-state index in [9.17, 15) is 0 Å². The highest BCUT2D eigenvalue weighted by Crippen LogP contribution is 2.34. The van der Waals surface area contributed by atoms with Crippen LogP contribution in [-0.4, -0.2) is 6.04 Å². The second-order valence-electron chi connectivity index (χ2n) is 6.70. The Labute approximate surface area is 126 Å². The van der Waals surface area contributed by atoms with E-state index in [1.54, 1.807) is 0 Å². The summed E-state index contributed by atoms with van der Waals surface area (Å²) < 4.78 is 1.21. The van der Waals surface area contributed by atoms with Gasteiger partial charge in [0.15, 0.2) is 0 Å². The molecule has 1 aliphatic rings. The lowest BCUT2D eigenvalue weighted by atomic mass is 9.85. The van der Waals surface area contributed by atoms with Gasteiger partial charge in [-0.25, -0.2) is 0 Å². The molecule has 0 aromatic heterocycles. The van der Waals surface area contributed by atoms with Crippen molar-refractivity contribution in [2.45, 2.75) is 65.0 Å². The summed E-state index contributed by atoms with van der Waals surface area (Å²) in [6.45, 7) is 7.09. The van der Waals surface area contributed by atoms with Crippen molar-refractivity contribution in [1.82, 2.24) is 5.32 Å². The van der Waals surface area contributed by atoms with E-state index in [4.69, 9.17) is 0 Å². The number of rotatable bonds is 3. The van der Waals surface area contributed by atoms with E-state index in [0.29, 0.717) is 17.5 Å². The number of hydrogen-bond donors (Lipinski definition) is 1. The van der Waals surface area contributed by atoms with Crippen LogP contribution in [0.15, 0.2) is 28.7 Å². The third-order valence-electron chi connectivity index (χ3n) is 4.43. The molecule has 2 rings (SSSR count). The standard InChI is InChI=1S/C17H26BrN/c1-13(15-8-4-5-9-16(15)18)19-14-7-6-11-17(2,3)12-10-14/h4-5,8-9,13-14,19H,6-7,10-12H2,1-3H3. The predicted molar refractivity (Wildman–Crippen MR) is 86.3 cm³/mol. The SMILES string of the molecule is CC(NC1CCCC(C)(C)CC1)c1ccccc1Br. The van der Waals surface area contributed by atoms with Crippen LogP contribution in [0.25, 0.3) is 0 Å². The molecule has 0 heterocycles. The number of benzene rings is 1. The van der Waals surface area contributed by atoms with Crippen LogP contribution in [0.2, 0.25) is 0 Å². The molecule has 2 atom stereocenters. The zero-order valence-corrected chi connectivity index (χ0v) is 14.0. The van der Waals surface area contributed by atoms with Crippen molar-refractivity contribution in [3.63, 3.8) is 0 Å². The summed E-state index contributed by atoms with van der Waals surface area (Å²) in [6, 6.07) is 9.63. The molecule has 0 radical (unpaired) electrons. The van der Waals surface area contributed by atoms with Gasteiger partial charge < -0.3 is 5.32 Å². The molecule has 0 bridgehead atoms. The average Bonchev–Trinajstić information content (AvgIpc) is 2.51. The van der Waals surface area contributed by atoms with Crippen molar-refractivity contribution >= 4 is 15.9 Å². The quantitative estimate of drug-likeness (QED) is 0.728. The summed E-state index contributed by atoms with van der Waals surface area (Å²) in [6.07, 6.45) is 6.69. The van der Waals surface area contributed by atoms with Crippen LogP contribution in [0.5, 0.6) is 0 Å². The molecule has 0 saturated heterocycles. The summed E-state index contributed by atoms with van der Waals surface area (Å²) >= 11 is 3.66. The van der Waals surface area contributed by atoms with Crippen LogP contribution >= 0.6 is 15.9 Å². The van der Waals surface area contributed by atoms with Crippen molar-refractivity contribution in [3.8, 4) is 0 Å². The zero-order valence-electron chi connectivity index (χ0n) is 12.4. The van der Waals surface area contributed by atoms with Crippen molar-refractivity contribution in [2.75, 3.05) is 0 Å². The monoisotopic (exact) mass is 323 g/mol. The van der Waals surface area contributed by atoms with Gasteiger partial charge in [0, 0.05) is 16.6 Å². The molecule has 1 nitrogen and oxygen atoms in total. The van der Waals surface area contributed by atoms with Gasteiger partial charge in [0.1, 0.15) is 0 Å². The first kappa shape index (κ1) is 15.1. The molecule has 0 spiro atoms. The lowest BCUT2D eigenvalue weighted by Gasteiger charge is -2.24. The second kappa shape index (κ2) is 6.41. The molecule has 106 valence electrons. The van der Waals surface area contributed by atoms with E-state index in [1.807, 2.05) is 0 Å². The fourth-order valence-corrected chi connectivity index (χ4v) is 3.73.